The van der Waals surface area contributed by atoms with Gasteiger partial charge in [-0.15, -0.1) is 0 Å². The molecule has 0 aromatic heterocycles. The Morgan fingerprint density at radius 1 is 1.00 bits per heavy atom. The van der Waals surface area contributed by atoms with Crippen LogP contribution in [0, 0.1) is 0 Å². The lowest BCUT2D eigenvalue weighted by Crippen LogP contribution is -2.48. The summed E-state index contributed by atoms with van der Waals surface area (Å²) in [6.07, 6.45) is 0.958. The van der Waals surface area contributed by atoms with Crippen LogP contribution in [0.3, 0.4) is 0 Å². The van der Waals surface area contributed by atoms with Crippen molar-refractivity contribution in [1.29, 1.82) is 0 Å². The van der Waals surface area contributed by atoms with Crippen LogP contribution in [0.15, 0.2) is 51.8 Å². The molecule has 1 fully saturated rings. The number of carbonyl (C=O) groups excluding carboxylic acids is 2. The first-order valence-corrected chi connectivity index (χ1v) is 15.3. The SMILES string of the molecule is CCC(=O)N1CCc2cc(Br)c(S(=O)(=O)CCC(=O)NCCN3CCN(Cc4ccccc4)CC3)cc21. The van der Waals surface area contributed by atoms with Crippen molar-refractivity contribution in [2.45, 2.75) is 37.6 Å². The summed E-state index contributed by atoms with van der Waals surface area (Å²) >= 11 is 3.38. The average molecular weight is 592 g/mol. The maximum atomic E-state index is 13.1. The van der Waals surface area contributed by atoms with Crippen LogP contribution in [0.1, 0.15) is 30.9 Å². The molecule has 0 unspecified atom stereocenters. The number of halogens is 1. The van der Waals surface area contributed by atoms with Crippen LogP contribution in [-0.2, 0) is 32.4 Å². The zero-order valence-electron chi connectivity index (χ0n) is 21.3. The van der Waals surface area contributed by atoms with E-state index in [2.05, 4.69) is 55.3 Å². The van der Waals surface area contributed by atoms with Gasteiger partial charge in [-0.25, -0.2) is 8.42 Å². The molecule has 2 aliphatic rings. The highest BCUT2D eigenvalue weighted by molar-refractivity contribution is 9.10. The highest BCUT2D eigenvalue weighted by atomic mass is 79.9. The lowest BCUT2D eigenvalue weighted by Gasteiger charge is -2.34. The monoisotopic (exact) mass is 590 g/mol. The van der Waals surface area contributed by atoms with Crippen molar-refractivity contribution < 1.29 is 18.0 Å². The summed E-state index contributed by atoms with van der Waals surface area (Å²) in [5, 5.41) is 2.87. The van der Waals surface area contributed by atoms with Crippen molar-refractivity contribution in [3.8, 4) is 0 Å². The average Bonchev–Trinajstić information content (AvgIpc) is 3.31. The molecule has 37 heavy (non-hydrogen) atoms. The molecule has 2 heterocycles. The lowest BCUT2D eigenvalue weighted by atomic mass is 10.2. The fourth-order valence-corrected chi connectivity index (χ4v) is 7.32. The molecule has 10 heteroatoms. The summed E-state index contributed by atoms with van der Waals surface area (Å²) in [6, 6.07) is 13.8. The lowest BCUT2D eigenvalue weighted by molar-refractivity contribution is -0.121. The predicted molar refractivity (Wildman–Crippen MR) is 148 cm³/mol. The molecule has 4 rings (SSSR count). The van der Waals surface area contributed by atoms with Crippen molar-refractivity contribution in [3.05, 3.63) is 58.1 Å². The van der Waals surface area contributed by atoms with Gasteiger partial charge in [0, 0.05) is 75.4 Å². The van der Waals surface area contributed by atoms with Gasteiger partial charge in [0.2, 0.25) is 11.8 Å². The molecule has 0 radical (unpaired) electrons. The van der Waals surface area contributed by atoms with E-state index in [0.29, 0.717) is 36.1 Å². The fraction of sp³-hybridized carbons (Fsp3) is 0.481. The number of amides is 2. The topological polar surface area (TPSA) is 90.0 Å². The van der Waals surface area contributed by atoms with Gasteiger partial charge in [0.25, 0.3) is 0 Å². The summed E-state index contributed by atoms with van der Waals surface area (Å²) < 4.78 is 26.6. The van der Waals surface area contributed by atoms with Gasteiger partial charge < -0.3 is 10.2 Å². The number of anilines is 1. The Kier molecular flexibility index (Phi) is 9.39. The molecule has 0 bridgehead atoms. The Morgan fingerprint density at radius 2 is 1.70 bits per heavy atom. The van der Waals surface area contributed by atoms with Gasteiger partial charge in [0.1, 0.15) is 0 Å². The van der Waals surface area contributed by atoms with E-state index in [9.17, 15) is 18.0 Å². The van der Waals surface area contributed by atoms with Crippen LogP contribution in [0.25, 0.3) is 0 Å². The summed E-state index contributed by atoms with van der Waals surface area (Å²) in [5.41, 5.74) is 2.92. The summed E-state index contributed by atoms with van der Waals surface area (Å²) in [5.74, 6) is -0.580. The maximum absolute atomic E-state index is 13.1. The Labute approximate surface area is 228 Å². The molecular formula is C27H35BrN4O4S. The minimum atomic E-state index is -3.70. The standard InChI is InChI=1S/C27H35BrN4O4S/c1-2-27(34)32-11-8-22-18-23(28)25(19-24(22)32)37(35,36)17-9-26(33)29-10-12-30-13-15-31(16-14-30)20-21-6-4-3-5-7-21/h3-7,18-19H,2,8-17,20H2,1H3,(H,29,33). The highest BCUT2D eigenvalue weighted by Gasteiger charge is 2.28. The van der Waals surface area contributed by atoms with E-state index in [1.807, 2.05) is 6.07 Å². The Morgan fingerprint density at radius 3 is 2.41 bits per heavy atom. The Hall–Kier alpha value is -2.27. The van der Waals surface area contributed by atoms with Crippen LogP contribution in [0.2, 0.25) is 0 Å². The molecule has 0 saturated carbocycles. The molecule has 0 spiro atoms. The molecule has 2 aromatic carbocycles. The number of sulfone groups is 1. The number of carbonyl (C=O) groups is 2. The first-order chi connectivity index (χ1) is 17.8. The number of nitrogens with one attached hydrogen (secondary N) is 1. The van der Waals surface area contributed by atoms with Crippen LogP contribution < -0.4 is 10.2 Å². The molecule has 0 atom stereocenters. The molecule has 200 valence electrons. The van der Waals surface area contributed by atoms with E-state index in [0.717, 1.165) is 44.8 Å². The number of fused-ring (bicyclic) bond motifs is 1. The molecule has 8 nitrogen and oxygen atoms in total. The maximum Gasteiger partial charge on any atom is 0.226 e. The summed E-state index contributed by atoms with van der Waals surface area (Å²) in [4.78, 5) is 31.2. The normalized spacial score (nSPS) is 16.5. The van der Waals surface area contributed by atoms with Crippen molar-refractivity contribution in [3.63, 3.8) is 0 Å². The third-order valence-electron chi connectivity index (χ3n) is 7.03. The van der Waals surface area contributed by atoms with Gasteiger partial charge in [0.05, 0.1) is 10.6 Å². The van der Waals surface area contributed by atoms with Gasteiger partial charge >= 0.3 is 0 Å². The molecule has 1 saturated heterocycles. The number of hydrogen-bond acceptors (Lipinski definition) is 6. The van der Waals surface area contributed by atoms with Crippen LogP contribution in [0.4, 0.5) is 5.69 Å². The van der Waals surface area contributed by atoms with E-state index in [-0.39, 0.29) is 28.9 Å². The number of hydrogen-bond donors (Lipinski definition) is 1. The minimum Gasteiger partial charge on any atom is -0.355 e. The quantitative estimate of drug-likeness (QED) is 0.457. The van der Waals surface area contributed by atoms with Crippen molar-refractivity contribution in [1.82, 2.24) is 15.1 Å². The molecule has 2 amide bonds. The molecule has 2 aliphatic heterocycles. The van der Waals surface area contributed by atoms with E-state index < -0.39 is 9.84 Å². The third kappa shape index (κ3) is 7.19. The first kappa shape index (κ1) is 27.8. The second-order valence-electron chi connectivity index (χ2n) is 9.58. The second kappa shape index (κ2) is 12.5. The fourth-order valence-electron chi connectivity index (χ4n) is 4.87. The molecule has 0 aliphatic carbocycles. The van der Waals surface area contributed by atoms with Crippen LogP contribution >= 0.6 is 15.9 Å². The van der Waals surface area contributed by atoms with Crippen LogP contribution in [0.5, 0.6) is 0 Å². The first-order valence-electron chi connectivity index (χ1n) is 12.9. The number of nitrogens with zero attached hydrogens (tertiary/aromatic N) is 3. The zero-order valence-corrected chi connectivity index (χ0v) is 23.7. The van der Waals surface area contributed by atoms with E-state index >= 15 is 0 Å². The smallest absolute Gasteiger partial charge is 0.226 e. The molecule has 2 aromatic rings. The van der Waals surface area contributed by atoms with Crippen molar-refractivity contribution in [2.24, 2.45) is 0 Å². The highest BCUT2D eigenvalue weighted by Crippen LogP contribution is 2.36. The van der Waals surface area contributed by atoms with E-state index in [1.54, 1.807) is 24.0 Å². The van der Waals surface area contributed by atoms with Gasteiger partial charge in [-0.3, -0.25) is 19.4 Å². The number of piperazine rings is 1. The predicted octanol–water partition coefficient (Wildman–Crippen LogP) is 2.85. The van der Waals surface area contributed by atoms with Gasteiger partial charge in [-0.1, -0.05) is 37.3 Å². The minimum absolute atomic E-state index is 0.0265. The Bertz CT molecular complexity index is 1210. The zero-order chi connectivity index (χ0) is 26.4. The molecule has 1 N–H and O–H groups in total. The third-order valence-corrected chi connectivity index (χ3v) is 9.70. The van der Waals surface area contributed by atoms with Gasteiger partial charge in [0.15, 0.2) is 9.84 Å². The Balaban J connectivity index is 1.21. The van der Waals surface area contributed by atoms with E-state index in [4.69, 9.17) is 0 Å². The van der Waals surface area contributed by atoms with E-state index in [1.165, 1.54) is 5.56 Å². The van der Waals surface area contributed by atoms with Gasteiger partial charge in [-0.05, 0) is 45.6 Å². The van der Waals surface area contributed by atoms with Crippen molar-refractivity contribution in [2.75, 3.05) is 56.5 Å². The number of rotatable bonds is 10. The largest absolute Gasteiger partial charge is 0.355 e. The van der Waals surface area contributed by atoms with Crippen molar-refractivity contribution >= 4 is 43.3 Å². The van der Waals surface area contributed by atoms with Crippen LogP contribution in [-0.4, -0.2) is 81.6 Å². The van der Waals surface area contributed by atoms with Gasteiger partial charge in [-0.2, -0.15) is 0 Å². The molecular weight excluding hydrogens is 556 g/mol. The summed E-state index contributed by atoms with van der Waals surface area (Å²) in [7, 11) is -3.70. The second-order valence-corrected chi connectivity index (χ2v) is 12.5. The number of benzene rings is 2. The summed E-state index contributed by atoms with van der Waals surface area (Å²) in [6.45, 7) is 8.40.